The first-order valence-electron chi connectivity index (χ1n) is 10.3. The van der Waals surface area contributed by atoms with Crippen molar-refractivity contribution in [3.8, 4) is 0 Å². The number of nitrogens with one attached hydrogen (secondary N) is 1. The summed E-state index contributed by atoms with van der Waals surface area (Å²) in [6.45, 7) is 18.2. The second-order valence-corrected chi connectivity index (χ2v) is 7.61. The van der Waals surface area contributed by atoms with Crippen LogP contribution in [-0.2, 0) is 11.3 Å². The number of ether oxygens (including phenoxy) is 1. The Bertz CT molecular complexity index is 456. The number of benzene rings is 1. The van der Waals surface area contributed by atoms with E-state index in [-0.39, 0.29) is 5.60 Å². The smallest absolute Gasteiger partial charge is 0.0639 e. The fourth-order valence-corrected chi connectivity index (χ4v) is 2.95. The van der Waals surface area contributed by atoms with Crippen LogP contribution in [0.4, 0.5) is 0 Å². The van der Waals surface area contributed by atoms with Gasteiger partial charge in [-0.3, -0.25) is 4.90 Å². The van der Waals surface area contributed by atoms with Crippen molar-refractivity contribution < 1.29 is 4.74 Å². The van der Waals surface area contributed by atoms with Gasteiger partial charge in [0.05, 0.1) is 12.2 Å². The van der Waals surface area contributed by atoms with Crippen LogP contribution < -0.4 is 5.32 Å². The fourth-order valence-electron chi connectivity index (χ4n) is 2.95. The number of hydrogen-bond acceptors (Lipinski definition) is 4. The Morgan fingerprint density at radius 3 is 2.19 bits per heavy atom. The Balaban J connectivity index is 0.00000163. The molecule has 0 radical (unpaired) electrons. The van der Waals surface area contributed by atoms with Gasteiger partial charge in [0.2, 0.25) is 0 Å². The largest absolute Gasteiger partial charge is 0.374 e. The number of likely N-dealkylation sites (N-methyl/N-ethyl adjacent to an activating group) is 1. The van der Waals surface area contributed by atoms with E-state index in [9.17, 15) is 0 Å². The molecule has 1 unspecified atom stereocenters. The van der Waals surface area contributed by atoms with Gasteiger partial charge < -0.3 is 15.0 Å². The van der Waals surface area contributed by atoms with Crippen molar-refractivity contribution in [2.24, 2.45) is 0 Å². The molecular weight excluding hydrogens is 322 g/mol. The maximum Gasteiger partial charge on any atom is 0.0639 e. The predicted octanol–water partition coefficient (Wildman–Crippen LogP) is 3.62. The van der Waals surface area contributed by atoms with Crippen LogP contribution in [0, 0.1) is 0 Å². The molecule has 4 heteroatoms. The Hall–Kier alpha value is -0.940. The molecule has 150 valence electrons. The van der Waals surface area contributed by atoms with Gasteiger partial charge in [0.15, 0.2) is 0 Å². The molecule has 26 heavy (non-hydrogen) atoms. The molecule has 1 aromatic carbocycles. The van der Waals surface area contributed by atoms with E-state index in [2.05, 4.69) is 66.2 Å². The SMILES string of the molecule is CC.CNC(C)COC(C)(C)CCN1CCN(Cc2ccccc2)CC1. The molecule has 0 aromatic heterocycles. The van der Waals surface area contributed by atoms with Gasteiger partial charge >= 0.3 is 0 Å². The Kier molecular flexibility index (Phi) is 11.1. The molecule has 1 N–H and O–H groups in total. The Morgan fingerprint density at radius 1 is 1.04 bits per heavy atom. The molecule has 0 spiro atoms. The molecular formula is C22H41N3O. The van der Waals surface area contributed by atoms with Crippen LogP contribution in [0.5, 0.6) is 0 Å². The third kappa shape index (κ3) is 9.13. The van der Waals surface area contributed by atoms with E-state index in [1.165, 1.54) is 5.56 Å². The number of hydrogen-bond donors (Lipinski definition) is 1. The normalized spacial score (nSPS) is 17.5. The fraction of sp³-hybridized carbons (Fsp3) is 0.727. The average molecular weight is 364 g/mol. The van der Waals surface area contributed by atoms with Crippen LogP contribution in [-0.4, -0.2) is 67.8 Å². The van der Waals surface area contributed by atoms with Crippen molar-refractivity contribution in [3.05, 3.63) is 35.9 Å². The summed E-state index contributed by atoms with van der Waals surface area (Å²) in [5.74, 6) is 0. The predicted molar refractivity (Wildman–Crippen MR) is 113 cm³/mol. The zero-order chi connectivity index (χ0) is 19.4. The summed E-state index contributed by atoms with van der Waals surface area (Å²) in [6.07, 6.45) is 1.09. The molecule has 0 amide bonds. The molecule has 1 fully saturated rings. The zero-order valence-corrected chi connectivity index (χ0v) is 17.9. The highest BCUT2D eigenvalue weighted by atomic mass is 16.5. The first-order valence-corrected chi connectivity index (χ1v) is 10.3. The van der Waals surface area contributed by atoms with E-state index in [0.29, 0.717) is 6.04 Å². The van der Waals surface area contributed by atoms with Gasteiger partial charge in [0, 0.05) is 45.3 Å². The molecule has 1 saturated heterocycles. The lowest BCUT2D eigenvalue weighted by molar-refractivity contribution is -0.0381. The van der Waals surface area contributed by atoms with Gasteiger partial charge in [-0.25, -0.2) is 0 Å². The third-order valence-electron chi connectivity index (χ3n) is 4.96. The first-order chi connectivity index (χ1) is 12.5. The summed E-state index contributed by atoms with van der Waals surface area (Å²) < 4.78 is 6.07. The monoisotopic (exact) mass is 363 g/mol. The maximum atomic E-state index is 6.07. The molecule has 1 aliphatic rings. The van der Waals surface area contributed by atoms with Crippen LogP contribution in [0.3, 0.4) is 0 Å². The van der Waals surface area contributed by atoms with Crippen LogP contribution in [0.1, 0.15) is 46.6 Å². The number of piperazine rings is 1. The summed E-state index contributed by atoms with van der Waals surface area (Å²) in [5, 5.41) is 3.23. The summed E-state index contributed by atoms with van der Waals surface area (Å²) in [7, 11) is 1.98. The van der Waals surface area contributed by atoms with E-state index in [1.54, 1.807) is 0 Å². The van der Waals surface area contributed by atoms with E-state index in [0.717, 1.165) is 52.3 Å². The second kappa shape index (κ2) is 12.4. The molecule has 1 heterocycles. The molecule has 0 bridgehead atoms. The van der Waals surface area contributed by atoms with E-state index in [4.69, 9.17) is 4.74 Å². The van der Waals surface area contributed by atoms with Crippen LogP contribution in [0.15, 0.2) is 30.3 Å². The molecule has 1 aromatic rings. The van der Waals surface area contributed by atoms with Gasteiger partial charge in [-0.05, 0) is 39.8 Å². The van der Waals surface area contributed by atoms with Crippen molar-refractivity contribution >= 4 is 0 Å². The van der Waals surface area contributed by atoms with Crippen LogP contribution in [0.25, 0.3) is 0 Å². The summed E-state index contributed by atoms with van der Waals surface area (Å²) in [4.78, 5) is 5.14. The number of nitrogens with zero attached hydrogens (tertiary/aromatic N) is 2. The lowest BCUT2D eigenvalue weighted by atomic mass is 10.0. The van der Waals surface area contributed by atoms with Crippen molar-refractivity contribution in [2.45, 2.75) is 59.2 Å². The van der Waals surface area contributed by atoms with Crippen molar-refractivity contribution in [3.63, 3.8) is 0 Å². The molecule has 1 atom stereocenters. The van der Waals surface area contributed by atoms with Gasteiger partial charge in [0.1, 0.15) is 0 Å². The molecule has 0 saturated carbocycles. The van der Waals surface area contributed by atoms with Gasteiger partial charge in [-0.2, -0.15) is 0 Å². The van der Waals surface area contributed by atoms with Crippen molar-refractivity contribution in [1.82, 2.24) is 15.1 Å². The van der Waals surface area contributed by atoms with E-state index in [1.807, 2.05) is 20.9 Å². The van der Waals surface area contributed by atoms with E-state index >= 15 is 0 Å². The summed E-state index contributed by atoms with van der Waals surface area (Å²) in [5.41, 5.74) is 1.37. The minimum atomic E-state index is -0.0493. The van der Waals surface area contributed by atoms with Crippen LogP contribution in [0.2, 0.25) is 0 Å². The highest BCUT2D eigenvalue weighted by Crippen LogP contribution is 2.17. The van der Waals surface area contributed by atoms with Crippen molar-refractivity contribution in [2.75, 3.05) is 46.4 Å². The van der Waals surface area contributed by atoms with E-state index < -0.39 is 0 Å². The third-order valence-corrected chi connectivity index (χ3v) is 4.96. The Morgan fingerprint density at radius 2 is 1.62 bits per heavy atom. The summed E-state index contributed by atoms with van der Waals surface area (Å²) in [6, 6.07) is 11.2. The highest BCUT2D eigenvalue weighted by molar-refractivity contribution is 5.14. The quantitative estimate of drug-likeness (QED) is 0.725. The van der Waals surface area contributed by atoms with Gasteiger partial charge in [-0.1, -0.05) is 44.2 Å². The van der Waals surface area contributed by atoms with Gasteiger partial charge in [-0.15, -0.1) is 0 Å². The standard InChI is InChI=1S/C20H35N3O.C2H6/c1-18(21-4)17-24-20(2,3)10-11-22-12-14-23(15-13-22)16-19-8-6-5-7-9-19;1-2/h5-9,18,21H,10-17H2,1-4H3;1-2H3. The average Bonchev–Trinajstić information content (AvgIpc) is 2.68. The summed E-state index contributed by atoms with van der Waals surface area (Å²) >= 11 is 0. The van der Waals surface area contributed by atoms with Gasteiger partial charge in [0.25, 0.3) is 0 Å². The topological polar surface area (TPSA) is 27.7 Å². The maximum absolute atomic E-state index is 6.07. The Labute approximate surface area is 161 Å². The molecule has 0 aliphatic carbocycles. The van der Waals surface area contributed by atoms with Crippen LogP contribution >= 0.6 is 0 Å². The first kappa shape index (κ1) is 23.1. The number of rotatable bonds is 9. The second-order valence-electron chi connectivity index (χ2n) is 7.61. The lowest BCUT2D eigenvalue weighted by Gasteiger charge is -2.36. The lowest BCUT2D eigenvalue weighted by Crippen LogP contribution is -2.47. The molecule has 1 aliphatic heterocycles. The molecule has 4 nitrogen and oxygen atoms in total. The molecule has 2 rings (SSSR count). The minimum absolute atomic E-state index is 0.0493. The van der Waals surface area contributed by atoms with Crippen molar-refractivity contribution in [1.29, 1.82) is 0 Å². The zero-order valence-electron chi connectivity index (χ0n) is 17.9. The minimum Gasteiger partial charge on any atom is -0.374 e. The highest BCUT2D eigenvalue weighted by Gasteiger charge is 2.23.